The van der Waals surface area contributed by atoms with Crippen LogP contribution in [0.5, 0.6) is 0 Å². The van der Waals surface area contributed by atoms with E-state index in [2.05, 4.69) is 20.8 Å². The van der Waals surface area contributed by atoms with Crippen molar-refractivity contribution < 1.29 is 4.79 Å². The molecule has 0 spiro atoms. The van der Waals surface area contributed by atoms with E-state index < -0.39 is 5.91 Å². The number of rotatable bonds is 4. The molecule has 0 bridgehead atoms. The van der Waals surface area contributed by atoms with Gasteiger partial charge in [0.15, 0.2) is 11.5 Å². The molecule has 0 radical (unpaired) electrons. The van der Waals surface area contributed by atoms with Gasteiger partial charge in [0.25, 0.3) is 5.91 Å². The van der Waals surface area contributed by atoms with Crippen LogP contribution < -0.4 is 16.4 Å². The molecule has 3 aromatic rings. The van der Waals surface area contributed by atoms with Gasteiger partial charge in [-0.05, 0) is 36.7 Å². The second-order valence-electron chi connectivity index (χ2n) is 5.96. The number of amides is 1. The third-order valence-electron chi connectivity index (χ3n) is 4.22. The zero-order chi connectivity index (χ0) is 17.4. The lowest BCUT2D eigenvalue weighted by atomic mass is 10.1. The number of halogens is 1. The lowest BCUT2D eigenvalue weighted by Gasteiger charge is -2.12. The first kappa shape index (κ1) is 16.3. The predicted octanol–water partition coefficient (Wildman–Crippen LogP) is 2.88. The van der Waals surface area contributed by atoms with Crippen LogP contribution in [0.4, 0.5) is 5.82 Å². The average Bonchev–Trinajstić information content (AvgIpc) is 3.25. The molecule has 6 nitrogen and oxygen atoms in total. The quantitative estimate of drug-likeness (QED) is 0.653. The summed E-state index contributed by atoms with van der Waals surface area (Å²) in [6.07, 6.45) is 1.02. The Balaban J connectivity index is 1.82. The maximum atomic E-state index is 11.7. The summed E-state index contributed by atoms with van der Waals surface area (Å²) in [5, 5.41) is 16.5. The maximum absolute atomic E-state index is 11.7. The van der Waals surface area contributed by atoms with E-state index in [1.807, 2.05) is 30.3 Å². The molecule has 1 fully saturated rings. The van der Waals surface area contributed by atoms with Gasteiger partial charge in [0.05, 0.1) is 4.70 Å². The van der Waals surface area contributed by atoms with Gasteiger partial charge < -0.3 is 16.4 Å². The van der Waals surface area contributed by atoms with Crippen molar-refractivity contribution in [3.63, 3.8) is 0 Å². The van der Waals surface area contributed by atoms with Crippen molar-refractivity contribution in [2.45, 2.75) is 12.5 Å². The fourth-order valence-corrected chi connectivity index (χ4v) is 4.22. The van der Waals surface area contributed by atoms with Crippen LogP contribution >= 0.6 is 22.9 Å². The summed E-state index contributed by atoms with van der Waals surface area (Å²) < 4.78 is 0.751. The third-order valence-corrected chi connectivity index (χ3v) is 5.66. The van der Waals surface area contributed by atoms with Crippen LogP contribution in [-0.4, -0.2) is 35.2 Å². The molecule has 25 heavy (non-hydrogen) atoms. The van der Waals surface area contributed by atoms with Gasteiger partial charge in [-0.3, -0.25) is 4.79 Å². The van der Waals surface area contributed by atoms with Gasteiger partial charge in [0, 0.05) is 27.9 Å². The SMILES string of the molecule is NC(=O)c1nnc(N[C@@H]2CCNC2)c2cc(-c3ccc(Cl)cc3)sc12. The topological polar surface area (TPSA) is 92.9 Å². The number of carbonyl (C=O) groups excluding carboxylic acids is 1. The van der Waals surface area contributed by atoms with E-state index in [1.54, 1.807) is 0 Å². The standard InChI is InChI=1S/C17H16ClN5OS/c18-10-3-1-9(2-4-10)13-7-12-15(25-13)14(16(19)24)22-23-17(12)21-11-5-6-20-8-11/h1-4,7,11,20H,5-6,8H2,(H2,19,24)(H,21,23)/t11-/m1/s1. The number of nitrogens with zero attached hydrogens (tertiary/aromatic N) is 2. The van der Waals surface area contributed by atoms with Crippen LogP contribution in [0.1, 0.15) is 16.9 Å². The van der Waals surface area contributed by atoms with E-state index >= 15 is 0 Å². The molecule has 1 amide bonds. The van der Waals surface area contributed by atoms with Gasteiger partial charge in [0.2, 0.25) is 0 Å². The molecule has 1 aliphatic rings. The monoisotopic (exact) mass is 373 g/mol. The van der Waals surface area contributed by atoms with Crippen LogP contribution in [0, 0.1) is 0 Å². The number of nitrogens with two attached hydrogens (primary N) is 1. The number of fused-ring (bicyclic) bond motifs is 1. The molecule has 0 unspecified atom stereocenters. The van der Waals surface area contributed by atoms with Crippen molar-refractivity contribution in [1.82, 2.24) is 15.5 Å². The second kappa shape index (κ2) is 6.59. The number of hydrogen-bond donors (Lipinski definition) is 3. The van der Waals surface area contributed by atoms with Crippen molar-refractivity contribution in [1.29, 1.82) is 0 Å². The predicted molar refractivity (Wildman–Crippen MR) is 101 cm³/mol. The minimum atomic E-state index is -0.573. The molecule has 0 saturated carbocycles. The fraction of sp³-hybridized carbons (Fsp3) is 0.235. The van der Waals surface area contributed by atoms with Crippen LogP contribution in [0.2, 0.25) is 5.02 Å². The minimum Gasteiger partial charge on any atom is -0.364 e. The number of aromatic nitrogens is 2. The van der Waals surface area contributed by atoms with E-state index in [0.29, 0.717) is 16.9 Å². The summed E-state index contributed by atoms with van der Waals surface area (Å²) in [6.45, 7) is 1.86. The van der Waals surface area contributed by atoms with Gasteiger partial charge in [0.1, 0.15) is 0 Å². The largest absolute Gasteiger partial charge is 0.364 e. The van der Waals surface area contributed by atoms with Gasteiger partial charge in [-0.1, -0.05) is 23.7 Å². The lowest BCUT2D eigenvalue weighted by molar-refractivity contribution is 0.0996. The molecule has 4 rings (SSSR count). The zero-order valence-corrected chi connectivity index (χ0v) is 14.8. The Hall–Kier alpha value is -2.22. The highest BCUT2D eigenvalue weighted by Gasteiger charge is 2.21. The van der Waals surface area contributed by atoms with Crippen LogP contribution in [0.3, 0.4) is 0 Å². The molecule has 8 heteroatoms. The second-order valence-corrected chi connectivity index (χ2v) is 7.44. The van der Waals surface area contributed by atoms with Crippen molar-refractivity contribution >= 4 is 44.7 Å². The summed E-state index contributed by atoms with van der Waals surface area (Å²) in [6, 6.07) is 9.91. The Kier molecular flexibility index (Phi) is 4.29. The molecule has 0 aliphatic carbocycles. The number of carbonyl (C=O) groups is 1. The average molecular weight is 374 g/mol. The summed E-state index contributed by atoms with van der Waals surface area (Å²) in [5.74, 6) is 0.112. The smallest absolute Gasteiger partial charge is 0.270 e. The van der Waals surface area contributed by atoms with Crippen molar-refractivity contribution in [3.05, 3.63) is 41.0 Å². The highest BCUT2D eigenvalue weighted by molar-refractivity contribution is 7.22. The first-order chi connectivity index (χ1) is 12.1. The summed E-state index contributed by atoms with van der Waals surface area (Å²) in [7, 11) is 0. The maximum Gasteiger partial charge on any atom is 0.270 e. The van der Waals surface area contributed by atoms with E-state index in [4.69, 9.17) is 17.3 Å². The Bertz CT molecular complexity index is 934. The van der Waals surface area contributed by atoms with Crippen molar-refractivity contribution in [2.24, 2.45) is 5.73 Å². The molecule has 2 aromatic heterocycles. The summed E-state index contributed by atoms with van der Waals surface area (Å²) in [4.78, 5) is 12.8. The number of anilines is 1. The third kappa shape index (κ3) is 3.18. The minimum absolute atomic E-state index is 0.204. The number of nitrogens with one attached hydrogen (secondary N) is 2. The highest BCUT2D eigenvalue weighted by Crippen LogP contribution is 2.38. The Labute approximate surface area is 153 Å². The molecule has 1 aromatic carbocycles. The molecule has 3 heterocycles. The Morgan fingerprint density at radius 2 is 2.12 bits per heavy atom. The molecule has 1 aliphatic heterocycles. The summed E-state index contributed by atoms with van der Waals surface area (Å²) in [5.41, 5.74) is 6.71. The number of primary amides is 1. The summed E-state index contributed by atoms with van der Waals surface area (Å²) >= 11 is 7.45. The van der Waals surface area contributed by atoms with E-state index in [0.717, 1.165) is 40.0 Å². The molecular weight excluding hydrogens is 358 g/mol. The molecule has 4 N–H and O–H groups in total. The van der Waals surface area contributed by atoms with Crippen molar-refractivity contribution in [3.8, 4) is 10.4 Å². The highest BCUT2D eigenvalue weighted by atomic mass is 35.5. The van der Waals surface area contributed by atoms with Gasteiger partial charge >= 0.3 is 0 Å². The Morgan fingerprint density at radius 1 is 1.32 bits per heavy atom. The van der Waals surface area contributed by atoms with Crippen LogP contribution in [-0.2, 0) is 0 Å². The van der Waals surface area contributed by atoms with Gasteiger partial charge in [-0.25, -0.2) is 0 Å². The molecule has 128 valence electrons. The Morgan fingerprint density at radius 3 is 2.80 bits per heavy atom. The first-order valence-electron chi connectivity index (χ1n) is 7.95. The zero-order valence-electron chi connectivity index (χ0n) is 13.3. The van der Waals surface area contributed by atoms with Crippen LogP contribution in [0.25, 0.3) is 20.5 Å². The molecule has 1 saturated heterocycles. The van der Waals surface area contributed by atoms with Crippen LogP contribution in [0.15, 0.2) is 30.3 Å². The fourth-order valence-electron chi connectivity index (χ4n) is 2.94. The molecular formula is C17H16ClN5OS. The number of hydrogen-bond acceptors (Lipinski definition) is 6. The molecule has 1 atom stereocenters. The number of benzene rings is 1. The van der Waals surface area contributed by atoms with E-state index in [1.165, 1.54) is 11.3 Å². The van der Waals surface area contributed by atoms with Gasteiger partial charge in [-0.15, -0.1) is 21.5 Å². The van der Waals surface area contributed by atoms with Gasteiger partial charge in [-0.2, -0.15) is 0 Å². The lowest BCUT2D eigenvalue weighted by Crippen LogP contribution is -2.23. The van der Waals surface area contributed by atoms with E-state index in [-0.39, 0.29) is 5.69 Å². The van der Waals surface area contributed by atoms with E-state index in [9.17, 15) is 4.79 Å². The first-order valence-corrected chi connectivity index (χ1v) is 9.14. The normalized spacial score (nSPS) is 17.1. The van der Waals surface area contributed by atoms with Crippen molar-refractivity contribution in [2.75, 3.05) is 18.4 Å². The number of thiophene rings is 1.